The number of hydrogen-bond acceptors (Lipinski definition) is 3. The van der Waals surface area contributed by atoms with E-state index in [1.807, 2.05) is 12.3 Å². The van der Waals surface area contributed by atoms with Crippen molar-refractivity contribution in [1.29, 1.82) is 0 Å². The van der Waals surface area contributed by atoms with Crippen molar-refractivity contribution in [1.82, 2.24) is 4.90 Å². The third-order valence-corrected chi connectivity index (χ3v) is 4.43. The maximum Gasteiger partial charge on any atom is 0.240 e. The molecule has 3 nitrogen and oxygen atoms in total. The van der Waals surface area contributed by atoms with E-state index in [1.165, 1.54) is 22.7 Å². The molecule has 0 bridgehead atoms. The molecule has 1 atom stereocenters. The van der Waals surface area contributed by atoms with Gasteiger partial charge in [-0.25, -0.2) is 4.39 Å². The van der Waals surface area contributed by atoms with Crippen molar-refractivity contribution >= 4 is 46.0 Å². The fourth-order valence-electron chi connectivity index (χ4n) is 1.99. The standard InChI is InChI=1S/C14H15FINO2S/c1-17-13(6-5-12(16)14(17)18)10-4-3-9(7-11(10)15)19-8-20-2/h3-4,6-7,12H,5,8H2,1-2H3. The molecule has 1 amide bonds. The molecule has 108 valence electrons. The molecule has 1 aromatic carbocycles. The maximum absolute atomic E-state index is 14.2. The maximum atomic E-state index is 14.2. The van der Waals surface area contributed by atoms with Crippen LogP contribution in [0, 0.1) is 5.82 Å². The zero-order valence-corrected chi connectivity index (χ0v) is 14.2. The van der Waals surface area contributed by atoms with E-state index in [4.69, 9.17) is 4.74 Å². The highest BCUT2D eigenvalue weighted by molar-refractivity contribution is 14.1. The van der Waals surface area contributed by atoms with Crippen LogP contribution in [0.15, 0.2) is 24.3 Å². The number of nitrogens with zero attached hydrogens (tertiary/aromatic N) is 1. The summed E-state index contributed by atoms with van der Waals surface area (Å²) in [4.78, 5) is 13.5. The van der Waals surface area contributed by atoms with E-state index in [2.05, 4.69) is 22.6 Å². The number of hydrogen-bond donors (Lipinski definition) is 0. The van der Waals surface area contributed by atoms with Crippen LogP contribution in [0.5, 0.6) is 5.75 Å². The Hall–Kier alpha value is -0.760. The predicted octanol–water partition coefficient (Wildman–Crippen LogP) is 3.53. The molecule has 0 saturated heterocycles. The molecule has 0 N–H and O–H groups in total. The molecule has 0 aliphatic carbocycles. The molecule has 1 unspecified atom stereocenters. The van der Waals surface area contributed by atoms with Gasteiger partial charge in [-0.1, -0.05) is 28.7 Å². The molecule has 20 heavy (non-hydrogen) atoms. The second-order valence-electron chi connectivity index (χ2n) is 4.38. The van der Waals surface area contributed by atoms with E-state index in [1.54, 1.807) is 19.2 Å². The molecule has 0 aromatic heterocycles. The monoisotopic (exact) mass is 407 g/mol. The molecule has 0 spiro atoms. The van der Waals surface area contributed by atoms with Gasteiger partial charge in [0.2, 0.25) is 5.91 Å². The molecule has 0 saturated carbocycles. The SMILES string of the molecule is CSCOc1ccc(C2=CCC(I)C(=O)N2C)c(F)c1. The Morgan fingerprint density at radius 3 is 2.95 bits per heavy atom. The van der Waals surface area contributed by atoms with E-state index in [0.29, 0.717) is 29.4 Å². The van der Waals surface area contributed by atoms with Crippen LogP contribution in [0.3, 0.4) is 0 Å². The Kier molecular flexibility index (Phi) is 5.31. The smallest absolute Gasteiger partial charge is 0.240 e. The van der Waals surface area contributed by atoms with Crippen molar-refractivity contribution in [2.75, 3.05) is 19.2 Å². The van der Waals surface area contributed by atoms with Crippen molar-refractivity contribution < 1.29 is 13.9 Å². The second kappa shape index (κ2) is 6.80. The van der Waals surface area contributed by atoms with Crippen LogP contribution < -0.4 is 4.74 Å². The van der Waals surface area contributed by atoms with Gasteiger partial charge in [0, 0.05) is 24.4 Å². The number of halogens is 2. The molecule has 1 aromatic rings. The first kappa shape index (κ1) is 15.6. The average molecular weight is 407 g/mol. The number of benzene rings is 1. The van der Waals surface area contributed by atoms with Crippen LogP contribution in [-0.2, 0) is 4.79 Å². The highest BCUT2D eigenvalue weighted by atomic mass is 127. The summed E-state index contributed by atoms with van der Waals surface area (Å²) in [7, 11) is 1.68. The largest absolute Gasteiger partial charge is 0.483 e. The predicted molar refractivity (Wildman–Crippen MR) is 88.6 cm³/mol. The van der Waals surface area contributed by atoms with E-state index in [-0.39, 0.29) is 15.6 Å². The summed E-state index contributed by atoms with van der Waals surface area (Å²) in [5, 5.41) is 0. The van der Waals surface area contributed by atoms with Crippen LogP contribution in [0.2, 0.25) is 0 Å². The van der Waals surface area contributed by atoms with E-state index in [9.17, 15) is 9.18 Å². The summed E-state index contributed by atoms with van der Waals surface area (Å²) in [6, 6.07) is 4.75. The average Bonchev–Trinajstić information content (AvgIpc) is 2.44. The van der Waals surface area contributed by atoms with Crippen LogP contribution in [0.1, 0.15) is 12.0 Å². The molecular formula is C14H15FINO2S. The Labute approximate surface area is 135 Å². The number of amides is 1. The van der Waals surface area contributed by atoms with Gasteiger partial charge in [0.25, 0.3) is 0 Å². The Morgan fingerprint density at radius 1 is 1.55 bits per heavy atom. The van der Waals surface area contributed by atoms with Crippen molar-refractivity contribution in [3.63, 3.8) is 0 Å². The van der Waals surface area contributed by atoms with Gasteiger partial charge in [-0.3, -0.25) is 4.79 Å². The van der Waals surface area contributed by atoms with Crippen molar-refractivity contribution in [2.45, 2.75) is 10.3 Å². The molecule has 1 heterocycles. The van der Waals surface area contributed by atoms with Crippen molar-refractivity contribution in [3.05, 3.63) is 35.7 Å². The van der Waals surface area contributed by atoms with Crippen LogP contribution in [0.25, 0.3) is 5.70 Å². The third kappa shape index (κ3) is 3.28. The Morgan fingerprint density at radius 2 is 2.30 bits per heavy atom. The van der Waals surface area contributed by atoms with Crippen molar-refractivity contribution in [3.8, 4) is 5.75 Å². The first-order chi connectivity index (χ1) is 9.54. The number of allylic oxidation sites excluding steroid dienone is 1. The molecular weight excluding hydrogens is 392 g/mol. The summed E-state index contributed by atoms with van der Waals surface area (Å²) < 4.78 is 19.5. The lowest BCUT2D eigenvalue weighted by molar-refractivity contribution is -0.126. The minimum absolute atomic E-state index is 0.00482. The lowest BCUT2D eigenvalue weighted by Gasteiger charge is -2.28. The number of alkyl halides is 1. The van der Waals surface area contributed by atoms with E-state index < -0.39 is 0 Å². The first-order valence-electron chi connectivity index (χ1n) is 6.08. The van der Waals surface area contributed by atoms with Gasteiger partial charge in [-0.15, -0.1) is 11.8 Å². The third-order valence-electron chi connectivity index (χ3n) is 3.04. The summed E-state index contributed by atoms with van der Waals surface area (Å²) in [5.74, 6) is 0.612. The first-order valence-corrected chi connectivity index (χ1v) is 8.72. The number of carbonyl (C=O) groups excluding carboxylic acids is 1. The van der Waals surface area contributed by atoms with Gasteiger partial charge in [0.1, 0.15) is 17.5 Å². The Balaban J connectivity index is 2.27. The normalized spacial score (nSPS) is 19.0. The summed E-state index contributed by atoms with van der Waals surface area (Å²) in [6.45, 7) is 0. The fourth-order valence-corrected chi connectivity index (χ4v) is 2.92. The van der Waals surface area contributed by atoms with Gasteiger partial charge >= 0.3 is 0 Å². The lowest BCUT2D eigenvalue weighted by atomic mass is 10.0. The molecule has 0 radical (unpaired) electrons. The van der Waals surface area contributed by atoms with Gasteiger partial charge in [-0.05, 0) is 24.8 Å². The summed E-state index contributed by atoms with van der Waals surface area (Å²) >= 11 is 3.63. The number of rotatable bonds is 4. The number of ether oxygens (including phenoxy) is 1. The summed E-state index contributed by atoms with van der Waals surface area (Å²) in [6.07, 6.45) is 4.45. The molecule has 1 aliphatic heterocycles. The summed E-state index contributed by atoms with van der Waals surface area (Å²) in [5.41, 5.74) is 1.05. The molecule has 6 heteroatoms. The molecule has 2 rings (SSSR count). The van der Waals surface area contributed by atoms with Gasteiger partial charge in [0.15, 0.2) is 0 Å². The molecule has 0 fully saturated rings. The number of carbonyl (C=O) groups is 1. The Bertz CT molecular complexity index is 550. The zero-order valence-electron chi connectivity index (χ0n) is 11.2. The van der Waals surface area contributed by atoms with Crippen molar-refractivity contribution in [2.24, 2.45) is 0 Å². The highest BCUT2D eigenvalue weighted by Crippen LogP contribution is 2.30. The zero-order chi connectivity index (χ0) is 14.7. The van der Waals surface area contributed by atoms with E-state index in [0.717, 1.165) is 0 Å². The van der Waals surface area contributed by atoms with E-state index >= 15 is 0 Å². The molecule has 1 aliphatic rings. The fraction of sp³-hybridized carbons (Fsp3) is 0.357. The quantitative estimate of drug-likeness (QED) is 0.435. The highest BCUT2D eigenvalue weighted by Gasteiger charge is 2.27. The van der Waals surface area contributed by atoms with Crippen LogP contribution >= 0.6 is 34.4 Å². The van der Waals surface area contributed by atoms with Gasteiger partial charge in [0.05, 0.1) is 3.92 Å². The van der Waals surface area contributed by atoms with Crippen LogP contribution in [-0.4, -0.2) is 34.0 Å². The lowest BCUT2D eigenvalue weighted by Crippen LogP contribution is -2.35. The second-order valence-corrected chi connectivity index (χ2v) is 6.70. The minimum atomic E-state index is -0.374. The minimum Gasteiger partial charge on any atom is -0.483 e. The van der Waals surface area contributed by atoms with Gasteiger partial charge < -0.3 is 9.64 Å². The number of thioether (sulfide) groups is 1. The van der Waals surface area contributed by atoms with Crippen LogP contribution in [0.4, 0.5) is 4.39 Å². The van der Waals surface area contributed by atoms with Gasteiger partial charge in [-0.2, -0.15) is 0 Å². The topological polar surface area (TPSA) is 29.5 Å².